The predicted molar refractivity (Wildman–Crippen MR) is 29.4 cm³/mol. The lowest BCUT2D eigenvalue weighted by molar-refractivity contribution is -0.154. The van der Waals surface area contributed by atoms with Gasteiger partial charge in [0.15, 0.2) is 0 Å². The Kier molecular flexibility index (Phi) is 1.08. The zero-order chi connectivity index (χ0) is 7.35. The van der Waals surface area contributed by atoms with Gasteiger partial charge in [-0.15, -0.1) is 0 Å². The van der Waals surface area contributed by atoms with Crippen LogP contribution in [0.5, 0.6) is 0 Å². The van der Waals surface area contributed by atoms with Gasteiger partial charge in [0, 0.05) is 0 Å². The standard InChI is InChI=1S/C6H8F3N/c7-6(8,9)5-3-1-10-2-4(3)5/h3-5,10H,1-2H2/t3-,4+,5+. The molecular formula is C6H8F3N. The van der Waals surface area contributed by atoms with Crippen molar-refractivity contribution < 1.29 is 13.2 Å². The summed E-state index contributed by atoms with van der Waals surface area (Å²) in [4.78, 5) is 0. The molecule has 1 aliphatic carbocycles. The average molecular weight is 151 g/mol. The van der Waals surface area contributed by atoms with Crippen LogP contribution in [0.15, 0.2) is 0 Å². The largest absolute Gasteiger partial charge is 0.392 e. The number of hydrogen-bond acceptors (Lipinski definition) is 1. The summed E-state index contributed by atoms with van der Waals surface area (Å²) in [5.41, 5.74) is 0. The van der Waals surface area contributed by atoms with E-state index in [0.717, 1.165) is 0 Å². The molecule has 0 aromatic rings. The van der Waals surface area contributed by atoms with Crippen molar-refractivity contribution in [3.05, 3.63) is 0 Å². The van der Waals surface area contributed by atoms with Gasteiger partial charge in [0.25, 0.3) is 0 Å². The highest BCUT2D eigenvalue weighted by atomic mass is 19.4. The van der Waals surface area contributed by atoms with Gasteiger partial charge in [0.2, 0.25) is 0 Å². The molecule has 0 bridgehead atoms. The lowest BCUT2D eigenvalue weighted by atomic mass is 10.3. The van der Waals surface area contributed by atoms with E-state index >= 15 is 0 Å². The summed E-state index contributed by atoms with van der Waals surface area (Å²) in [6, 6.07) is 0. The second kappa shape index (κ2) is 1.67. The maximum absolute atomic E-state index is 11.9. The fraction of sp³-hybridized carbons (Fsp3) is 1.00. The summed E-state index contributed by atoms with van der Waals surface area (Å²) in [6.45, 7) is 1.13. The SMILES string of the molecule is FC(F)(F)[C@H]1[C@@H]2CNC[C@@H]21. The molecule has 10 heavy (non-hydrogen) atoms. The molecule has 2 rings (SSSR count). The minimum absolute atomic E-state index is 0.0972. The molecule has 1 nitrogen and oxygen atoms in total. The van der Waals surface area contributed by atoms with Crippen LogP contribution >= 0.6 is 0 Å². The van der Waals surface area contributed by atoms with Crippen molar-refractivity contribution in [1.82, 2.24) is 5.32 Å². The van der Waals surface area contributed by atoms with Crippen LogP contribution in [0.3, 0.4) is 0 Å². The highest BCUT2D eigenvalue weighted by molar-refractivity contribution is 5.06. The number of alkyl halides is 3. The van der Waals surface area contributed by atoms with Gasteiger partial charge < -0.3 is 5.32 Å². The summed E-state index contributed by atoms with van der Waals surface area (Å²) in [6.07, 6.45) is -3.93. The van der Waals surface area contributed by atoms with Crippen LogP contribution < -0.4 is 5.32 Å². The first-order chi connectivity index (χ1) is 4.61. The fourth-order valence-electron chi connectivity index (χ4n) is 1.90. The van der Waals surface area contributed by atoms with Gasteiger partial charge in [-0.25, -0.2) is 0 Å². The van der Waals surface area contributed by atoms with Crippen LogP contribution in [0.25, 0.3) is 0 Å². The van der Waals surface area contributed by atoms with Crippen molar-refractivity contribution >= 4 is 0 Å². The van der Waals surface area contributed by atoms with E-state index in [0.29, 0.717) is 13.1 Å². The van der Waals surface area contributed by atoms with E-state index in [2.05, 4.69) is 5.32 Å². The Labute approximate surface area is 56.6 Å². The Morgan fingerprint density at radius 3 is 1.90 bits per heavy atom. The zero-order valence-electron chi connectivity index (χ0n) is 5.28. The monoisotopic (exact) mass is 151 g/mol. The molecule has 1 saturated carbocycles. The molecule has 1 aliphatic heterocycles. The van der Waals surface area contributed by atoms with Crippen LogP contribution in [0, 0.1) is 17.8 Å². The van der Waals surface area contributed by atoms with Crippen molar-refractivity contribution in [1.29, 1.82) is 0 Å². The van der Waals surface area contributed by atoms with Crippen LogP contribution in [0.4, 0.5) is 13.2 Å². The molecule has 58 valence electrons. The minimum Gasteiger partial charge on any atom is -0.316 e. The fourth-order valence-corrected chi connectivity index (χ4v) is 1.90. The Balaban J connectivity index is 2.01. The summed E-state index contributed by atoms with van der Waals surface area (Å²) in [5, 5.41) is 2.92. The number of hydrogen-bond donors (Lipinski definition) is 1. The number of nitrogens with one attached hydrogen (secondary N) is 1. The van der Waals surface area contributed by atoms with Gasteiger partial charge >= 0.3 is 6.18 Å². The highest BCUT2D eigenvalue weighted by Crippen LogP contribution is 2.56. The van der Waals surface area contributed by atoms with Crippen molar-refractivity contribution in [3.8, 4) is 0 Å². The number of piperidine rings is 1. The molecule has 1 N–H and O–H groups in total. The molecule has 1 saturated heterocycles. The first-order valence-corrected chi connectivity index (χ1v) is 3.38. The molecule has 0 aromatic heterocycles. The Morgan fingerprint density at radius 2 is 1.60 bits per heavy atom. The van der Waals surface area contributed by atoms with Crippen LogP contribution in [-0.4, -0.2) is 19.3 Å². The Bertz CT molecular complexity index is 144. The van der Waals surface area contributed by atoms with E-state index in [1.165, 1.54) is 0 Å². The lowest BCUT2D eigenvalue weighted by Crippen LogP contribution is -2.23. The molecule has 3 atom stereocenters. The van der Waals surface area contributed by atoms with Gasteiger partial charge in [0.05, 0.1) is 5.92 Å². The Hall–Kier alpha value is -0.250. The van der Waals surface area contributed by atoms with Crippen molar-refractivity contribution in [2.45, 2.75) is 6.18 Å². The molecule has 1 heterocycles. The molecule has 2 fully saturated rings. The molecule has 0 spiro atoms. The van der Waals surface area contributed by atoms with Crippen molar-refractivity contribution in [2.75, 3.05) is 13.1 Å². The second-order valence-corrected chi connectivity index (χ2v) is 3.05. The summed E-state index contributed by atoms with van der Waals surface area (Å²) in [7, 11) is 0. The first-order valence-electron chi connectivity index (χ1n) is 3.38. The maximum atomic E-state index is 11.9. The molecule has 2 aliphatic rings. The van der Waals surface area contributed by atoms with Gasteiger partial charge in [0.1, 0.15) is 0 Å². The van der Waals surface area contributed by atoms with E-state index in [9.17, 15) is 13.2 Å². The smallest absolute Gasteiger partial charge is 0.316 e. The number of halogens is 3. The topological polar surface area (TPSA) is 12.0 Å². The second-order valence-electron chi connectivity index (χ2n) is 3.05. The summed E-state index contributed by atoms with van der Waals surface area (Å²) < 4.78 is 35.8. The first kappa shape index (κ1) is 6.46. The minimum atomic E-state index is -3.93. The third-order valence-electron chi connectivity index (χ3n) is 2.47. The van der Waals surface area contributed by atoms with Crippen molar-refractivity contribution in [3.63, 3.8) is 0 Å². The van der Waals surface area contributed by atoms with Crippen LogP contribution in [-0.2, 0) is 0 Å². The molecule has 0 aromatic carbocycles. The molecule has 4 heteroatoms. The van der Waals surface area contributed by atoms with Crippen LogP contribution in [0.1, 0.15) is 0 Å². The maximum Gasteiger partial charge on any atom is 0.392 e. The third kappa shape index (κ3) is 0.746. The van der Waals surface area contributed by atoms with Gasteiger partial charge in [-0.3, -0.25) is 0 Å². The third-order valence-corrected chi connectivity index (χ3v) is 2.47. The Morgan fingerprint density at radius 1 is 1.10 bits per heavy atom. The normalized spacial score (nSPS) is 45.3. The predicted octanol–water partition coefficient (Wildman–Crippen LogP) is 1.01. The lowest BCUT2D eigenvalue weighted by Gasteiger charge is -2.07. The molecular weight excluding hydrogens is 143 g/mol. The van der Waals surface area contributed by atoms with Crippen molar-refractivity contribution in [2.24, 2.45) is 17.8 Å². The number of rotatable bonds is 0. The summed E-state index contributed by atoms with van der Waals surface area (Å²) >= 11 is 0. The average Bonchev–Trinajstić information content (AvgIpc) is 2.30. The highest BCUT2D eigenvalue weighted by Gasteiger charge is 2.65. The molecule has 0 unspecified atom stereocenters. The number of fused-ring (bicyclic) bond motifs is 1. The quantitative estimate of drug-likeness (QED) is 0.545. The van der Waals surface area contributed by atoms with E-state index in [-0.39, 0.29) is 11.8 Å². The zero-order valence-corrected chi connectivity index (χ0v) is 5.28. The molecule has 0 amide bonds. The summed E-state index contributed by atoms with van der Waals surface area (Å²) in [5.74, 6) is -1.17. The van der Waals surface area contributed by atoms with E-state index in [4.69, 9.17) is 0 Å². The van der Waals surface area contributed by atoms with Crippen LogP contribution in [0.2, 0.25) is 0 Å². The van der Waals surface area contributed by atoms with E-state index < -0.39 is 12.1 Å². The van der Waals surface area contributed by atoms with Gasteiger partial charge in [-0.1, -0.05) is 0 Å². The van der Waals surface area contributed by atoms with E-state index in [1.807, 2.05) is 0 Å². The van der Waals surface area contributed by atoms with E-state index in [1.54, 1.807) is 0 Å². The molecule has 0 radical (unpaired) electrons. The van der Waals surface area contributed by atoms with Gasteiger partial charge in [-0.05, 0) is 24.9 Å². The van der Waals surface area contributed by atoms with Gasteiger partial charge in [-0.2, -0.15) is 13.2 Å².